The maximum Gasteiger partial charge on any atom is 0.107 e. The SMILES string of the molecule is Cn1ncc2c1C=NCN2. The Balaban J connectivity index is 2.57. The van der Waals surface area contributed by atoms with Crippen LogP contribution in [0.4, 0.5) is 5.69 Å². The Hall–Kier alpha value is -1.32. The standard InChI is InChI=1S/C6H8N4/c1-10-6-3-7-4-8-5(6)2-9-10/h2-3,8H,4H2,1H3. The summed E-state index contributed by atoms with van der Waals surface area (Å²) in [6.07, 6.45) is 3.64. The molecule has 4 nitrogen and oxygen atoms in total. The summed E-state index contributed by atoms with van der Waals surface area (Å²) in [7, 11) is 1.90. The van der Waals surface area contributed by atoms with Gasteiger partial charge in [-0.2, -0.15) is 5.10 Å². The molecule has 2 heterocycles. The first-order chi connectivity index (χ1) is 4.88. The average molecular weight is 136 g/mol. The van der Waals surface area contributed by atoms with Gasteiger partial charge >= 0.3 is 0 Å². The molecule has 1 N–H and O–H groups in total. The largest absolute Gasteiger partial charge is 0.363 e. The Morgan fingerprint density at radius 1 is 1.70 bits per heavy atom. The monoisotopic (exact) mass is 136 g/mol. The topological polar surface area (TPSA) is 42.2 Å². The van der Waals surface area contributed by atoms with E-state index in [-0.39, 0.29) is 0 Å². The van der Waals surface area contributed by atoms with E-state index in [0.717, 1.165) is 11.4 Å². The number of nitrogens with one attached hydrogen (secondary N) is 1. The zero-order valence-corrected chi connectivity index (χ0v) is 5.70. The van der Waals surface area contributed by atoms with Crippen molar-refractivity contribution in [2.75, 3.05) is 12.0 Å². The quantitative estimate of drug-likeness (QED) is 0.554. The lowest BCUT2D eigenvalue weighted by Gasteiger charge is -2.06. The molecule has 0 atom stereocenters. The van der Waals surface area contributed by atoms with E-state index in [2.05, 4.69) is 15.4 Å². The predicted octanol–water partition coefficient (Wildman–Crippen LogP) is 0.222. The number of aromatic nitrogens is 2. The van der Waals surface area contributed by atoms with Crippen LogP contribution in [0.2, 0.25) is 0 Å². The van der Waals surface area contributed by atoms with Crippen molar-refractivity contribution in [2.24, 2.45) is 12.0 Å². The van der Waals surface area contributed by atoms with Crippen LogP contribution < -0.4 is 5.32 Å². The maximum atomic E-state index is 4.06. The van der Waals surface area contributed by atoms with Crippen LogP contribution in [0.15, 0.2) is 11.2 Å². The van der Waals surface area contributed by atoms with E-state index >= 15 is 0 Å². The number of hydrogen-bond acceptors (Lipinski definition) is 3. The Bertz CT molecular complexity index is 273. The third-order valence-corrected chi connectivity index (χ3v) is 1.56. The fourth-order valence-corrected chi connectivity index (χ4v) is 0.999. The van der Waals surface area contributed by atoms with E-state index in [4.69, 9.17) is 0 Å². The van der Waals surface area contributed by atoms with Crippen molar-refractivity contribution >= 4 is 11.9 Å². The van der Waals surface area contributed by atoms with Crippen LogP contribution in [0, 0.1) is 0 Å². The van der Waals surface area contributed by atoms with Crippen LogP contribution in [-0.2, 0) is 7.05 Å². The summed E-state index contributed by atoms with van der Waals surface area (Å²) in [6, 6.07) is 0. The molecule has 0 radical (unpaired) electrons. The fourth-order valence-electron chi connectivity index (χ4n) is 0.999. The van der Waals surface area contributed by atoms with Gasteiger partial charge in [-0.3, -0.25) is 9.67 Å². The van der Waals surface area contributed by atoms with Crippen LogP contribution in [0.1, 0.15) is 5.69 Å². The first-order valence-corrected chi connectivity index (χ1v) is 3.13. The molecule has 0 aromatic carbocycles. The minimum Gasteiger partial charge on any atom is -0.363 e. The van der Waals surface area contributed by atoms with Gasteiger partial charge in [0.1, 0.15) is 12.4 Å². The highest BCUT2D eigenvalue weighted by Gasteiger charge is 2.07. The van der Waals surface area contributed by atoms with Crippen molar-refractivity contribution in [1.82, 2.24) is 9.78 Å². The van der Waals surface area contributed by atoms with E-state index in [0.29, 0.717) is 6.67 Å². The smallest absolute Gasteiger partial charge is 0.107 e. The molecule has 0 saturated carbocycles. The molecule has 1 aliphatic rings. The lowest BCUT2D eigenvalue weighted by atomic mass is 10.3. The first kappa shape index (κ1) is 5.46. The van der Waals surface area contributed by atoms with Gasteiger partial charge < -0.3 is 5.32 Å². The summed E-state index contributed by atoms with van der Waals surface area (Å²) < 4.78 is 1.80. The minimum absolute atomic E-state index is 0.665. The molecule has 52 valence electrons. The van der Waals surface area contributed by atoms with Crippen LogP contribution in [0.25, 0.3) is 0 Å². The van der Waals surface area contributed by atoms with Crippen molar-refractivity contribution in [3.8, 4) is 0 Å². The molecular weight excluding hydrogens is 128 g/mol. The molecule has 1 aromatic heterocycles. The predicted molar refractivity (Wildman–Crippen MR) is 39.3 cm³/mol. The van der Waals surface area contributed by atoms with Crippen molar-refractivity contribution < 1.29 is 0 Å². The van der Waals surface area contributed by atoms with Crippen LogP contribution >= 0.6 is 0 Å². The van der Waals surface area contributed by atoms with Crippen LogP contribution in [-0.4, -0.2) is 22.7 Å². The molecule has 0 bridgehead atoms. The number of aliphatic imine (C=N–C) groups is 1. The average Bonchev–Trinajstić information content (AvgIpc) is 2.34. The summed E-state index contributed by atoms with van der Waals surface area (Å²) in [6.45, 7) is 0.665. The van der Waals surface area contributed by atoms with E-state index in [9.17, 15) is 0 Å². The second-order valence-electron chi connectivity index (χ2n) is 2.21. The Kier molecular flexibility index (Phi) is 1.00. The molecule has 2 rings (SSSR count). The van der Waals surface area contributed by atoms with Crippen LogP contribution in [0.5, 0.6) is 0 Å². The van der Waals surface area contributed by atoms with Gasteiger partial charge in [-0.05, 0) is 0 Å². The molecule has 10 heavy (non-hydrogen) atoms. The summed E-state index contributed by atoms with van der Waals surface area (Å²) >= 11 is 0. The van der Waals surface area contributed by atoms with Gasteiger partial charge in [0, 0.05) is 7.05 Å². The Labute approximate surface area is 58.6 Å². The van der Waals surface area contributed by atoms with Crippen molar-refractivity contribution in [3.63, 3.8) is 0 Å². The second-order valence-corrected chi connectivity index (χ2v) is 2.21. The van der Waals surface area contributed by atoms with E-state index in [1.54, 1.807) is 10.9 Å². The normalized spacial score (nSPS) is 14.5. The molecule has 0 aliphatic carbocycles. The molecule has 0 unspecified atom stereocenters. The number of rotatable bonds is 0. The zero-order chi connectivity index (χ0) is 6.97. The number of aryl methyl sites for hydroxylation is 1. The fraction of sp³-hybridized carbons (Fsp3) is 0.333. The highest BCUT2D eigenvalue weighted by atomic mass is 15.3. The molecule has 0 spiro atoms. The highest BCUT2D eigenvalue weighted by molar-refractivity contribution is 5.86. The Morgan fingerprint density at radius 2 is 2.60 bits per heavy atom. The number of nitrogens with zero attached hydrogens (tertiary/aromatic N) is 3. The number of hydrogen-bond donors (Lipinski definition) is 1. The molecule has 4 heteroatoms. The number of fused-ring (bicyclic) bond motifs is 1. The van der Waals surface area contributed by atoms with Crippen molar-refractivity contribution in [1.29, 1.82) is 0 Å². The first-order valence-electron chi connectivity index (χ1n) is 3.13. The molecular formula is C6H8N4. The van der Waals surface area contributed by atoms with Crippen molar-refractivity contribution in [3.05, 3.63) is 11.9 Å². The molecule has 0 fully saturated rings. The third-order valence-electron chi connectivity index (χ3n) is 1.56. The van der Waals surface area contributed by atoms with Gasteiger partial charge in [-0.25, -0.2) is 0 Å². The highest BCUT2D eigenvalue weighted by Crippen LogP contribution is 2.13. The van der Waals surface area contributed by atoms with E-state index in [1.807, 2.05) is 13.3 Å². The van der Waals surface area contributed by atoms with E-state index < -0.39 is 0 Å². The summed E-state index contributed by atoms with van der Waals surface area (Å²) in [5.74, 6) is 0. The Morgan fingerprint density at radius 3 is 3.40 bits per heavy atom. The minimum atomic E-state index is 0.665. The summed E-state index contributed by atoms with van der Waals surface area (Å²) in [5.41, 5.74) is 2.11. The molecule has 0 amide bonds. The van der Waals surface area contributed by atoms with Gasteiger partial charge in [-0.1, -0.05) is 0 Å². The van der Waals surface area contributed by atoms with Gasteiger partial charge in [0.2, 0.25) is 0 Å². The third kappa shape index (κ3) is 0.618. The van der Waals surface area contributed by atoms with Gasteiger partial charge in [0.15, 0.2) is 0 Å². The second kappa shape index (κ2) is 1.83. The van der Waals surface area contributed by atoms with Crippen molar-refractivity contribution in [2.45, 2.75) is 0 Å². The number of anilines is 1. The summed E-state index contributed by atoms with van der Waals surface area (Å²) in [5, 5.41) is 7.16. The maximum absolute atomic E-state index is 4.06. The van der Waals surface area contributed by atoms with Gasteiger partial charge in [0.05, 0.1) is 18.1 Å². The van der Waals surface area contributed by atoms with E-state index in [1.165, 1.54) is 0 Å². The van der Waals surface area contributed by atoms with Gasteiger partial charge in [0.25, 0.3) is 0 Å². The van der Waals surface area contributed by atoms with Gasteiger partial charge in [-0.15, -0.1) is 0 Å². The zero-order valence-electron chi connectivity index (χ0n) is 5.70. The lowest BCUT2D eigenvalue weighted by Crippen LogP contribution is -2.08. The molecule has 1 aromatic rings. The lowest BCUT2D eigenvalue weighted by molar-refractivity contribution is 0.761. The summed E-state index contributed by atoms with van der Waals surface area (Å²) in [4.78, 5) is 4.05. The molecule has 0 saturated heterocycles. The van der Waals surface area contributed by atoms with Crippen LogP contribution in [0.3, 0.4) is 0 Å². The molecule has 1 aliphatic heterocycles.